The molecule has 3 fully saturated rings. The molecule has 3 saturated carbocycles. The van der Waals surface area contributed by atoms with E-state index in [0.717, 1.165) is 12.8 Å². The first-order valence-electron chi connectivity index (χ1n) is 3.29. The van der Waals surface area contributed by atoms with Crippen LogP contribution in [0, 0.1) is 10.8 Å². The third kappa shape index (κ3) is 0.303. The van der Waals surface area contributed by atoms with Crippen LogP contribution in [0.5, 0.6) is 0 Å². The second-order valence-electron chi connectivity index (χ2n) is 4.05. The van der Waals surface area contributed by atoms with Crippen LogP contribution in [0.15, 0.2) is 0 Å². The molecule has 0 heterocycles. The number of hydrogen-bond acceptors (Lipinski definition) is 0. The molecule has 0 aliphatic heterocycles. The average molecular weight is 132 g/mol. The molecule has 0 amide bonds. The summed E-state index contributed by atoms with van der Waals surface area (Å²) in [5, 5.41) is 0. The molecule has 0 unspecified atom stereocenters. The molecule has 0 atom stereocenters. The van der Waals surface area contributed by atoms with Crippen molar-refractivity contribution < 1.29 is 8.78 Å². The van der Waals surface area contributed by atoms with Crippen LogP contribution in [-0.4, -0.2) is 5.92 Å². The van der Waals surface area contributed by atoms with Crippen molar-refractivity contribution in [2.75, 3.05) is 0 Å². The van der Waals surface area contributed by atoms with E-state index in [9.17, 15) is 8.78 Å². The predicted octanol–water partition coefficient (Wildman–Crippen LogP) is 2.44. The van der Waals surface area contributed by atoms with Crippen LogP contribution < -0.4 is 0 Å². The molecule has 52 valence electrons. The lowest BCUT2D eigenvalue weighted by molar-refractivity contribution is -0.397. The molecule has 9 heavy (non-hydrogen) atoms. The molecule has 0 aromatic carbocycles. The Morgan fingerprint density at radius 2 is 1.33 bits per heavy atom. The molecule has 2 heteroatoms. The second kappa shape index (κ2) is 0.938. The van der Waals surface area contributed by atoms with Gasteiger partial charge in [-0.2, -0.15) is 0 Å². The highest BCUT2D eigenvalue weighted by molar-refractivity contribution is 5.25. The Bertz CT molecular complexity index is 150. The molecule has 0 aromatic heterocycles. The summed E-state index contributed by atoms with van der Waals surface area (Å²) in [6.45, 7) is 3.36. The van der Waals surface area contributed by atoms with Gasteiger partial charge in [-0.25, -0.2) is 8.78 Å². The zero-order chi connectivity index (χ0) is 6.91. The normalized spacial score (nSPS) is 60.0. The van der Waals surface area contributed by atoms with Gasteiger partial charge in [0.05, 0.1) is 0 Å². The van der Waals surface area contributed by atoms with E-state index in [0.29, 0.717) is 0 Å². The van der Waals surface area contributed by atoms with Crippen LogP contribution in [0.25, 0.3) is 0 Å². The minimum absolute atomic E-state index is 0.609. The van der Waals surface area contributed by atoms with Gasteiger partial charge in [-0.05, 0) is 12.8 Å². The van der Waals surface area contributed by atoms with E-state index < -0.39 is 16.8 Å². The van der Waals surface area contributed by atoms with Gasteiger partial charge in [0.2, 0.25) is 0 Å². The predicted molar refractivity (Wildman–Crippen MR) is 30.4 cm³/mol. The summed E-state index contributed by atoms with van der Waals surface area (Å²) in [7, 11) is 0. The molecule has 3 aliphatic rings. The SMILES string of the molecule is CC12CC(C)(C1)C2(F)F. The third-order valence-electron chi connectivity index (χ3n) is 3.08. The van der Waals surface area contributed by atoms with Crippen molar-refractivity contribution in [1.82, 2.24) is 0 Å². The van der Waals surface area contributed by atoms with Gasteiger partial charge in [-0.15, -0.1) is 0 Å². The summed E-state index contributed by atoms with van der Waals surface area (Å²) in [5.41, 5.74) is -1.22. The molecule has 0 saturated heterocycles. The Balaban J connectivity index is 2.31. The largest absolute Gasteiger partial charge is 0.258 e. The average Bonchev–Trinajstić information content (AvgIpc) is 1.64. The Morgan fingerprint density at radius 1 is 1.00 bits per heavy atom. The lowest BCUT2D eigenvalue weighted by atomic mass is 9.34. The van der Waals surface area contributed by atoms with Crippen molar-refractivity contribution in [3.8, 4) is 0 Å². The highest BCUT2D eigenvalue weighted by atomic mass is 19.3. The molecular weight excluding hydrogens is 122 g/mol. The van der Waals surface area contributed by atoms with E-state index in [-0.39, 0.29) is 0 Å². The fourth-order valence-corrected chi connectivity index (χ4v) is 2.63. The summed E-state index contributed by atoms with van der Waals surface area (Å²) >= 11 is 0. The lowest BCUT2D eigenvalue weighted by Crippen LogP contribution is -2.76. The Labute approximate surface area is 53.2 Å². The smallest absolute Gasteiger partial charge is 0.206 e. The van der Waals surface area contributed by atoms with Gasteiger partial charge in [0.1, 0.15) is 0 Å². The fraction of sp³-hybridized carbons (Fsp3) is 1.00. The van der Waals surface area contributed by atoms with Gasteiger partial charge in [0.25, 0.3) is 5.92 Å². The van der Waals surface area contributed by atoms with Gasteiger partial charge in [-0.3, -0.25) is 0 Å². The molecule has 0 nitrogen and oxygen atoms in total. The first-order chi connectivity index (χ1) is 3.91. The monoisotopic (exact) mass is 132 g/mol. The van der Waals surface area contributed by atoms with Gasteiger partial charge in [-0.1, -0.05) is 13.8 Å². The minimum atomic E-state index is -2.35. The molecule has 3 aliphatic carbocycles. The molecular formula is C7H10F2. The van der Waals surface area contributed by atoms with Crippen molar-refractivity contribution >= 4 is 0 Å². The van der Waals surface area contributed by atoms with Gasteiger partial charge in [0, 0.05) is 10.8 Å². The Kier molecular flexibility index (Phi) is 0.587. The van der Waals surface area contributed by atoms with Crippen molar-refractivity contribution in [2.45, 2.75) is 32.6 Å². The summed E-state index contributed by atoms with van der Waals surface area (Å²) in [6.07, 6.45) is 1.46. The molecule has 0 spiro atoms. The van der Waals surface area contributed by atoms with Gasteiger partial charge < -0.3 is 0 Å². The molecule has 2 bridgehead atoms. The van der Waals surface area contributed by atoms with Crippen LogP contribution in [0.3, 0.4) is 0 Å². The van der Waals surface area contributed by atoms with Crippen LogP contribution in [-0.2, 0) is 0 Å². The highest BCUT2D eigenvalue weighted by Gasteiger charge is 2.83. The fourth-order valence-electron chi connectivity index (χ4n) is 2.63. The highest BCUT2D eigenvalue weighted by Crippen LogP contribution is 2.81. The van der Waals surface area contributed by atoms with E-state index in [1.807, 2.05) is 0 Å². The molecule has 3 rings (SSSR count). The van der Waals surface area contributed by atoms with Crippen molar-refractivity contribution in [2.24, 2.45) is 10.8 Å². The van der Waals surface area contributed by atoms with E-state index in [2.05, 4.69) is 0 Å². The van der Waals surface area contributed by atoms with E-state index >= 15 is 0 Å². The van der Waals surface area contributed by atoms with Gasteiger partial charge in [0.15, 0.2) is 0 Å². The van der Waals surface area contributed by atoms with Crippen molar-refractivity contribution in [3.63, 3.8) is 0 Å². The maximum absolute atomic E-state index is 12.8. The lowest BCUT2D eigenvalue weighted by Gasteiger charge is -2.73. The van der Waals surface area contributed by atoms with E-state index in [1.165, 1.54) is 0 Å². The number of rotatable bonds is 0. The van der Waals surface area contributed by atoms with Crippen molar-refractivity contribution in [1.29, 1.82) is 0 Å². The second-order valence-corrected chi connectivity index (χ2v) is 4.05. The zero-order valence-corrected chi connectivity index (χ0v) is 5.67. The molecule has 0 radical (unpaired) electrons. The standard InChI is InChI=1S/C7H10F2/c1-5-3-6(2,4-5)7(5,8)9/h3-4H2,1-2H3. The van der Waals surface area contributed by atoms with Crippen LogP contribution in [0.4, 0.5) is 8.78 Å². The first-order valence-corrected chi connectivity index (χ1v) is 3.29. The first kappa shape index (κ1) is 5.63. The summed E-state index contributed by atoms with van der Waals surface area (Å²) in [4.78, 5) is 0. The molecule has 0 N–H and O–H groups in total. The van der Waals surface area contributed by atoms with Crippen LogP contribution in [0.2, 0.25) is 0 Å². The topological polar surface area (TPSA) is 0 Å². The Morgan fingerprint density at radius 3 is 1.33 bits per heavy atom. The zero-order valence-electron chi connectivity index (χ0n) is 5.67. The quantitative estimate of drug-likeness (QED) is 0.475. The summed E-state index contributed by atoms with van der Waals surface area (Å²) in [6, 6.07) is 0. The summed E-state index contributed by atoms with van der Waals surface area (Å²) in [5.74, 6) is -2.35. The maximum atomic E-state index is 12.8. The van der Waals surface area contributed by atoms with Crippen molar-refractivity contribution in [3.05, 3.63) is 0 Å². The minimum Gasteiger partial charge on any atom is -0.206 e. The summed E-state index contributed by atoms with van der Waals surface area (Å²) < 4.78 is 25.5. The van der Waals surface area contributed by atoms with Crippen LogP contribution >= 0.6 is 0 Å². The number of alkyl halides is 2. The number of halogens is 2. The van der Waals surface area contributed by atoms with E-state index in [4.69, 9.17) is 0 Å². The Hall–Kier alpha value is -0.140. The van der Waals surface area contributed by atoms with E-state index in [1.54, 1.807) is 13.8 Å². The van der Waals surface area contributed by atoms with Crippen LogP contribution in [0.1, 0.15) is 26.7 Å². The maximum Gasteiger partial charge on any atom is 0.258 e. The third-order valence-corrected chi connectivity index (χ3v) is 3.08. The number of hydrogen-bond donors (Lipinski definition) is 0. The molecule has 0 aromatic rings. The van der Waals surface area contributed by atoms with Gasteiger partial charge >= 0.3 is 0 Å².